The zero-order valence-corrected chi connectivity index (χ0v) is 7.77. The topological polar surface area (TPSA) is 15.3 Å². The lowest BCUT2D eigenvalue weighted by Crippen LogP contribution is -2.61. The third-order valence-electron chi connectivity index (χ3n) is 1.36. The summed E-state index contributed by atoms with van der Waals surface area (Å²) in [5, 5.41) is 0. The van der Waals surface area contributed by atoms with Gasteiger partial charge < -0.3 is 8.88 Å². The molecular formula is C3H12N2Si2. The van der Waals surface area contributed by atoms with E-state index >= 15 is 0 Å². The Balaban J connectivity index is 2.14. The lowest BCUT2D eigenvalue weighted by atomic mass is 10.4. The van der Waals surface area contributed by atoms with Gasteiger partial charge in [-0.05, 0) is 6.04 Å². The van der Waals surface area contributed by atoms with Gasteiger partial charge in [0.1, 0.15) is 0 Å². The summed E-state index contributed by atoms with van der Waals surface area (Å²) >= 11 is 0. The average Bonchev–Trinajstić information content (AvgIpc) is 1.23. The molecule has 0 amide bonds. The van der Waals surface area contributed by atoms with Crippen LogP contribution in [0.4, 0.5) is 0 Å². The standard InChI is InChI=1S/C3H12N2Si2/c1-3(2)5-6-4-7-5/h3-4H,6-7H2,1-2H3. The van der Waals surface area contributed by atoms with Crippen molar-refractivity contribution in [1.82, 2.24) is 8.88 Å². The van der Waals surface area contributed by atoms with Gasteiger partial charge in [0.25, 0.3) is 0 Å². The fraction of sp³-hybridized carbons (Fsp3) is 1.00. The third-order valence-corrected chi connectivity index (χ3v) is 6.76. The molecule has 0 aliphatic carbocycles. The molecule has 1 rings (SSSR count). The molecule has 0 bridgehead atoms. The Hall–Kier alpha value is 0.354. The van der Waals surface area contributed by atoms with Crippen molar-refractivity contribution in [2.24, 2.45) is 0 Å². The van der Waals surface area contributed by atoms with Crippen LogP contribution >= 0.6 is 0 Å². The highest BCUT2D eigenvalue weighted by Gasteiger charge is 2.15. The van der Waals surface area contributed by atoms with Crippen LogP contribution in [0.3, 0.4) is 0 Å². The van der Waals surface area contributed by atoms with Crippen LogP contribution in [-0.4, -0.2) is 30.0 Å². The number of nitrogens with zero attached hydrogens (tertiary/aromatic N) is 1. The van der Waals surface area contributed by atoms with Crippen molar-refractivity contribution in [3.8, 4) is 0 Å². The Morgan fingerprint density at radius 2 is 2.00 bits per heavy atom. The van der Waals surface area contributed by atoms with Crippen molar-refractivity contribution in [1.29, 1.82) is 0 Å². The van der Waals surface area contributed by atoms with E-state index in [2.05, 4.69) is 22.7 Å². The van der Waals surface area contributed by atoms with Crippen LogP contribution in [0, 0.1) is 0 Å². The highest BCUT2D eigenvalue weighted by Crippen LogP contribution is 1.94. The van der Waals surface area contributed by atoms with Crippen LogP contribution < -0.4 is 4.65 Å². The lowest BCUT2D eigenvalue weighted by molar-refractivity contribution is 0.517. The first-order chi connectivity index (χ1) is 3.30. The van der Waals surface area contributed by atoms with Gasteiger partial charge in [0.15, 0.2) is 19.7 Å². The molecule has 1 aliphatic heterocycles. The maximum absolute atomic E-state index is 3.45. The molecule has 0 aromatic carbocycles. The largest absolute Gasteiger partial charge is 0.346 e. The summed E-state index contributed by atoms with van der Waals surface area (Å²) in [4.78, 5) is 0. The smallest absolute Gasteiger partial charge is 0.158 e. The van der Waals surface area contributed by atoms with Gasteiger partial charge in [0.2, 0.25) is 0 Å². The molecule has 0 radical (unpaired) electrons. The Labute approximate surface area is 49.2 Å². The first kappa shape index (κ1) is 5.49. The van der Waals surface area contributed by atoms with E-state index in [9.17, 15) is 0 Å². The van der Waals surface area contributed by atoms with Gasteiger partial charge >= 0.3 is 0 Å². The van der Waals surface area contributed by atoms with Gasteiger partial charge in [-0.15, -0.1) is 0 Å². The minimum Gasteiger partial charge on any atom is -0.346 e. The summed E-state index contributed by atoms with van der Waals surface area (Å²) in [7, 11) is 0.233. The fourth-order valence-corrected chi connectivity index (χ4v) is 3.26. The second-order valence-electron chi connectivity index (χ2n) is 2.25. The summed E-state index contributed by atoms with van der Waals surface area (Å²) in [5.74, 6) is 0. The molecular weight excluding hydrogens is 120 g/mol. The summed E-state index contributed by atoms with van der Waals surface area (Å²) in [6.45, 7) is 4.56. The maximum atomic E-state index is 3.45. The molecule has 7 heavy (non-hydrogen) atoms. The summed E-state index contributed by atoms with van der Waals surface area (Å²) in [6.07, 6.45) is 0. The van der Waals surface area contributed by atoms with E-state index in [0.29, 0.717) is 0 Å². The predicted molar refractivity (Wildman–Crippen MR) is 37.2 cm³/mol. The van der Waals surface area contributed by atoms with Crippen molar-refractivity contribution in [2.45, 2.75) is 19.9 Å². The minimum absolute atomic E-state index is 0.117. The van der Waals surface area contributed by atoms with Crippen LogP contribution in [0.1, 0.15) is 13.8 Å². The van der Waals surface area contributed by atoms with E-state index in [1.54, 1.807) is 0 Å². The zero-order chi connectivity index (χ0) is 5.28. The first-order valence-electron chi connectivity index (χ1n) is 2.75. The second kappa shape index (κ2) is 2.08. The zero-order valence-electron chi connectivity index (χ0n) is 4.94. The lowest BCUT2D eigenvalue weighted by Gasteiger charge is -2.34. The SMILES string of the molecule is CC(C)N1[SiH2]N[SiH2]1. The highest BCUT2D eigenvalue weighted by atomic mass is 28.4. The number of nitrogens with one attached hydrogen (secondary N) is 1. The monoisotopic (exact) mass is 132 g/mol. The van der Waals surface area contributed by atoms with Gasteiger partial charge in [-0.2, -0.15) is 0 Å². The number of rotatable bonds is 1. The fourth-order valence-electron chi connectivity index (χ4n) is 0.606. The van der Waals surface area contributed by atoms with Gasteiger partial charge in [-0.1, -0.05) is 13.8 Å². The molecule has 0 saturated carbocycles. The molecule has 1 heterocycles. The van der Waals surface area contributed by atoms with Gasteiger partial charge in [0.05, 0.1) is 0 Å². The van der Waals surface area contributed by atoms with E-state index in [1.807, 2.05) is 0 Å². The molecule has 0 aromatic heterocycles. The Kier molecular flexibility index (Phi) is 1.63. The van der Waals surface area contributed by atoms with Crippen molar-refractivity contribution >= 4 is 19.7 Å². The van der Waals surface area contributed by atoms with Crippen LogP contribution in [-0.2, 0) is 0 Å². The van der Waals surface area contributed by atoms with E-state index in [-0.39, 0.29) is 19.7 Å². The molecule has 1 fully saturated rings. The normalized spacial score (nSPS) is 29.6. The molecule has 42 valence electrons. The summed E-state index contributed by atoms with van der Waals surface area (Å²) in [5.41, 5.74) is 0. The molecule has 0 spiro atoms. The van der Waals surface area contributed by atoms with Crippen LogP contribution in [0.5, 0.6) is 0 Å². The van der Waals surface area contributed by atoms with Crippen LogP contribution in [0.25, 0.3) is 0 Å². The average molecular weight is 132 g/mol. The van der Waals surface area contributed by atoms with E-state index in [1.165, 1.54) is 0 Å². The predicted octanol–water partition coefficient (Wildman–Crippen LogP) is -1.70. The second-order valence-corrected chi connectivity index (χ2v) is 7.40. The van der Waals surface area contributed by atoms with E-state index in [0.717, 1.165) is 6.04 Å². The Morgan fingerprint density at radius 1 is 1.43 bits per heavy atom. The van der Waals surface area contributed by atoms with Gasteiger partial charge in [-0.25, -0.2) is 0 Å². The van der Waals surface area contributed by atoms with E-state index in [4.69, 9.17) is 0 Å². The molecule has 1 N–H and O–H groups in total. The number of hydrogen-bond acceptors (Lipinski definition) is 2. The molecule has 2 nitrogen and oxygen atoms in total. The Morgan fingerprint density at radius 3 is 2.00 bits per heavy atom. The van der Waals surface area contributed by atoms with Gasteiger partial charge in [0, 0.05) is 0 Å². The van der Waals surface area contributed by atoms with Crippen molar-refractivity contribution in [3.63, 3.8) is 0 Å². The Bertz CT molecular complexity index is 62.0. The van der Waals surface area contributed by atoms with Gasteiger partial charge in [-0.3, -0.25) is 0 Å². The first-order valence-corrected chi connectivity index (χ1v) is 5.43. The summed E-state index contributed by atoms with van der Waals surface area (Å²) < 4.78 is 6.09. The maximum Gasteiger partial charge on any atom is 0.158 e. The third kappa shape index (κ3) is 1.12. The molecule has 1 saturated heterocycles. The van der Waals surface area contributed by atoms with Crippen LogP contribution in [0.15, 0.2) is 0 Å². The molecule has 0 unspecified atom stereocenters. The van der Waals surface area contributed by atoms with Crippen molar-refractivity contribution in [2.75, 3.05) is 0 Å². The number of hydrogen-bond donors (Lipinski definition) is 1. The highest BCUT2D eigenvalue weighted by molar-refractivity contribution is 6.65. The molecule has 1 aliphatic rings. The van der Waals surface area contributed by atoms with Crippen molar-refractivity contribution < 1.29 is 0 Å². The quantitative estimate of drug-likeness (QED) is 0.428. The van der Waals surface area contributed by atoms with Crippen LogP contribution in [0.2, 0.25) is 0 Å². The molecule has 0 aromatic rings. The molecule has 4 heteroatoms. The molecule has 0 atom stereocenters. The van der Waals surface area contributed by atoms with E-state index < -0.39 is 0 Å². The summed E-state index contributed by atoms with van der Waals surface area (Å²) in [6, 6.07) is 0.847. The minimum atomic E-state index is 0.117. The van der Waals surface area contributed by atoms with Crippen molar-refractivity contribution in [3.05, 3.63) is 0 Å².